The largest absolute Gasteiger partial charge is 0.393 e. The summed E-state index contributed by atoms with van der Waals surface area (Å²) < 4.78 is 13.6. The van der Waals surface area contributed by atoms with Gasteiger partial charge in [0.25, 0.3) is 0 Å². The summed E-state index contributed by atoms with van der Waals surface area (Å²) in [7, 11) is 0. The molecule has 0 atom stereocenters. The molecular weight excluding hydrogens is 421 g/mol. The molecule has 0 radical (unpaired) electrons. The number of pyridine rings is 1. The highest BCUT2D eigenvalue weighted by molar-refractivity contribution is 7.22. The van der Waals surface area contributed by atoms with Gasteiger partial charge in [0.05, 0.1) is 11.1 Å². The molecule has 0 saturated heterocycles. The molecule has 0 spiro atoms. The Balaban J connectivity index is 1.78. The second-order valence-electron chi connectivity index (χ2n) is 7.27. The van der Waals surface area contributed by atoms with E-state index in [1.165, 1.54) is 23.5 Å². The zero-order valence-corrected chi connectivity index (χ0v) is 17.7. The highest BCUT2D eigenvalue weighted by Crippen LogP contribution is 2.37. The van der Waals surface area contributed by atoms with Gasteiger partial charge in [0, 0.05) is 11.3 Å². The standard InChI is InChI=1S/C26H18FN3OS/c27-18-13-11-16(12-14-18)20-15-21(17-7-3-1-4-8-17)30-25-22(20)24(31)23(28)26(32-25)29-19-9-5-2-6-10-19/h1-15,29H,28H2. The van der Waals surface area contributed by atoms with E-state index in [-0.39, 0.29) is 16.9 Å². The number of hydrogen-bond donors (Lipinski definition) is 2. The lowest BCUT2D eigenvalue weighted by atomic mass is 10.00. The predicted molar refractivity (Wildman–Crippen MR) is 131 cm³/mol. The van der Waals surface area contributed by atoms with Gasteiger partial charge >= 0.3 is 0 Å². The normalized spacial score (nSPS) is 10.9. The van der Waals surface area contributed by atoms with Crippen molar-refractivity contribution in [3.8, 4) is 22.4 Å². The van der Waals surface area contributed by atoms with Crippen molar-refractivity contribution >= 4 is 37.9 Å². The Morgan fingerprint density at radius 2 is 1.50 bits per heavy atom. The molecule has 5 aromatic rings. The molecule has 0 aliphatic carbocycles. The zero-order chi connectivity index (χ0) is 22.1. The maximum atomic E-state index is 13.6. The number of fused-ring (bicyclic) bond motifs is 1. The number of nitrogens with zero attached hydrogens (tertiary/aromatic N) is 1. The van der Waals surface area contributed by atoms with E-state index >= 15 is 0 Å². The maximum absolute atomic E-state index is 13.6. The number of halogens is 1. The second-order valence-corrected chi connectivity index (χ2v) is 8.27. The molecule has 0 aliphatic rings. The summed E-state index contributed by atoms with van der Waals surface area (Å²) in [5.41, 5.74) is 9.96. The maximum Gasteiger partial charge on any atom is 0.215 e. The Labute approximate surface area is 187 Å². The fraction of sp³-hybridized carbons (Fsp3) is 0. The van der Waals surface area contributed by atoms with Crippen LogP contribution in [0.5, 0.6) is 0 Å². The molecule has 4 nitrogen and oxygen atoms in total. The molecule has 0 unspecified atom stereocenters. The van der Waals surface area contributed by atoms with Gasteiger partial charge in [-0.3, -0.25) is 4.79 Å². The van der Waals surface area contributed by atoms with Crippen molar-refractivity contribution in [1.82, 2.24) is 4.98 Å². The topological polar surface area (TPSA) is 68.0 Å². The van der Waals surface area contributed by atoms with Gasteiger partial charge in [-0.25, -0.2) is 9.37 Å². The first-order valence-corrected chi connectivity index (χ1v) is 10.8. The Hall–Kier alpha value is -4.03. The van der Waals surface area contributed by atoms with Crippen LogP contribution < -0.4 is 16.5 Å². The van der Waals surface area contributed by atoms with Gasteiger partial charge in [0.15, 0.2) is 0 Å². The molecule has 3 aromatic carbocycles. The van der Waals surface area contributed by atoms with Crippen molar-refractivity contribution in [2.45, 2.75) is 0 Å². The fourth-order valence-electron chi connectivity index (χ4n) is 3.56. The molecule has 5 rings (SSSR count). The minimum atomic E-state index is -0.339. The summed E-state index contributed by atoms with van der Waals surface area (Å²) >= 11 is 1.32. The second kappa shape index (κ2) is 8.24. The summed E-state index contributed by atoms with van der Waals surface area (Å²) in [6.45, 7) is 0. The first-order valence-electron chi connectivity index (χ1n) is 10.0. The summed E-state index contributed by atoms with van der Waals surface area (Å²) in [6.07, 6.45) is 0. The predicted octanol–water partition coefficient (Wildman–Crippen LogP) is 6.46. The van der Waals surface area contributed by atoms with Crippen molar-refractivity contribution in [3.05, 3.63) is 107 Å². The van der Waals surface area contributed by atoms with E-state index in [9.17, 15) is 9.18 Å². The van der Waals surface area contributed by atoms with Gasteiger partial charge in [-0.1, -0.05) is 72.0 Å². The van der Waals surface area contributed by atoms with Crippen LogP contribution in [0.1, 0.15) is 0 Å². The summed E-state index contributed by atoms with van der Waals surface area (Å²) in [5, 5.41) is 4.20. The van der Waals surface area contributed by atoms with Crippen LogP contribution >= 0.6 is 11.3 Å². The third kappa shape index (κ3) is 3.72. The summed E-state index contributed by atoms with van der Waals surface area (Å²) in [4.78, 5) is 18.7. The van der Waals surface area contributed by atoms with Crippen LogP contribution in [-0.2, 0) is 0 Å². The molecule has 3 N–H and O–H groups in total. The van der Waals surface area contributed by atoms with Crippen LogP contribution in [0.3, 0.4) is 0 Å². The molecule has 0 aliphatic heterocycles. The lowest BCUT2D eigenvalue weighted by Gasteiger charge is -2.13. The minimum Gasteiger partial charge on any atom is -0.393 e. The van der Waals surface area contributed by atoms with Crippen molar-refractivity contribution in [2.24, 2.45) is 0 Å². The Morgan fingerprint density at radius 1 is 0.844 bits per heavy atom. The highest BCUT2D eigenvalue weighted by atomic mass is 32.1. The first kappa shape index (κ1) is 19.9. The number of rotatable bonds is 4. The van der Waals surface area contributed by atoms with E-state index in [1.807, 2.05) is 66.7 Å². The van der Waals surface area contributed by atoms with Crippen LogP contribution in [-0.4, -0.2) is 4.98 Å². The van der Waals surface area contributed by atoms with E-state index < -0.39 is 0 Å². The third-order valence-corrected chi connectivity index (χ3v) is 6.17. The highest BCUT2D eigenvalue weighted by Gasteiger charge is 2.18. The number of benzene rings is 3. The van der Waals surface area contributed by atoms with Crippen molar-refractivity contribution in [1.29, 1.82) is 0 Å². The Bertz CT molecular complexity index is 1470. The molecule has 0 bridgehead atoms. The van der Waals surface area contributed by atoms with Crippen LogP contribution in [0.15, 0.2) is 95.8 Å². The van der Waals surface area contributed by atoms with E-state index in [2.05, 4.69) is 5.32 Å². The molecule has 6 heteroatoms. The molecule has 0 saturated carbocycles. The molecule has 32 heavy (non-hydrogen) atoms. The first-order chi connectivity index (χ1) is 15.6. The van der Waals surface area contributed by atoms with Crippen LogP contribution in [0.4, 0.5) is 20.8 Å². The lowest BCUT2D eigenvalue weighted by molar-refractivity contribution is 0.628. The van der Waals surface area contributed by atoms with Crippen molar-refractivity contribution in [3.63, 3.8) is 0 Å². The summed E-state index contributed by atoms with van der Waals surface area (Å²) in [5.74, 6) is -0.339. The molecule has 0 fully saturated rings. The molecule has 156 valence electrons. The van der Waals surface area contributed by atoms with Crippen LogP contribution in [0, 0.1) is 5.82 Å². The Kier molecular flexibility index (Phi) is 5.13. The van der Waals surface area contributed by atoms with Gasteiger partial charge in [-0.05, 0) is 41.5 Å². The zero-order valence-electron chi connectivity index (χ0n) is 16.9. The Morgan fingerprint density at radius 3 is 2.19 bits per heavy atom. The van der Waals surface area contributed by atoms with E-state index in [1.54, 1.807) is 12.1 Å². The quantitative estimate of drug-likeness (QED) is 0.337. The number of nitrogens with one attached hydrogen (secondary N) is 1. The number of nitrogen functional groups attached to an aromatic ring is 1. The number of anilines is 3. The van der Waals surface area contributed by atoms with Gasteiger partial charge < -0.3 is 11.1 Å². The van der Waals surface area contributed by atoms with Gasteiger partial charge in [0.2, 0.25) is 5.43 Å². The van der Waals surface area contributed by atoms with E-state index in [0.29, 0.717) is 20.8 Å². The van der Waals surface area contributed by atoms with Gasteiger partial charge in [-0.2, -0.15) is 0 Å². The molecule has 0 amide bonds. The van der Waals surface area contributed by atoms with Crippen LogP contribution in [0.25, 0.3) is 32.6 Å². The monoisotopic (exact) mass is 439 g/mol. The smallest absolute Gasteiger partial charge is 0.215 e. The number of hydrogen-bond acceptors (Lipinski definition) is 5. The number of para-hydroxylation sites is 1. The minimum absolute atomic E-state index is 0.129. The van der Waals surface area contributed by atoms with E-state index in [4.69, 9.17) is 10.7 Å². The molecule has 2 aromatic heterocycles. The van der Waals surface area contributed by atoms with Gasteiger partial charge in [-0.15, -0.1) is 0 Å². The fourth-order valence-corrected chi connectivity index (χ4v) is 4.58. The van der Waals surface area contributed by atoms with Crippen molar-refractivity contribution < 1.29 is 4.39 Å². The van der Waals surface area contributed by atoms with Gasteiger partial charge in [0.1, 0.15) is 21.3 Å². The third-order valence-electron chi connectivity index (χ3n) is 5.16. The SMILES string of the molecule is Nc1c(Nc2ccccc2)sc2nc(-c3ccccc3)cc(-c3ccc(F)cc3)c2c1=O. The summed E-state index contributed by atoms with van der Waals surface area (Å²) in [6, 6.07) is 27.2. The average Bonchev–Trinajstić information content (AvgIpc) is 2.83. The lowest BCUT2D eigenvalue weighted by Crippen LogP contribution is -2.12. The van der Waals surface area contributed by atoms with Crippen LogP contribution in [0.2, 0.25) is 0 Å². The number of aromatic nitrogens is 1. The molecule has 2 heterocycles. The van der Waals surface area contributed by atoms with E-state index in [0.717, 1.165) is 22.5 Å². The average molecular weight is 440 g/mol. The number of nitrogens with two attached hydrogens (primary N) is 1. The van der Waals surface area contributed by atoms with Crippen molar-refractivity contribution in [2.75, 3.05) is 11.1 Å². The molecular formula is C26H18FN3OS.